The summed E-state index contributed by atoms with van der Waals surface area (Å²) in [7, 11) is 0. The van der Waals surface area contributed by atoms with Crippen LogP contribution in [0.4, 0.5) is 9.18 Å². The molecule has 184 valence electrons. The number of urea groups is 1. The molecule has 7 nitrogen and oxygen atoms in total. The Balaban J connectivity index is 1.48. The van der Waals surface area contributed by atoms with Crippen molar-refractivity contribution in [2.75, 3.05) is 32.8 Å². The van der Waals surface area contributed by atoms with E-state index in [0.29, 0.717) is 25.4 Å². The molecule has 0 aliphatic carbocycles. The van der Waals surface area contributed by atoms with Crippen LogP contribution < -0.4 is 10.1 Å². The third kappa shape index (κ3) is 6.07. The van der Waals surface area contributed by atoms with Crippen molar-refractivity contribution < 1.29 is 23.5 Å². The molecule has 1 aromatic carbocycles. The van der Waals surface area contributed by atoms with Crippen LogP contribution in [0, 0.1) is 5.82 Å². The van der Waals surface area contributed by atoms with Gasteiger partial charge in [0.2, 0.25) is 5.91 Å². The van der Waals surface area contributed by atoms with Gasteiger partial charge in [0.15, 0.2) is 0 Å². The summed E-state index contributed by atoms with van der Waals surface area (Å²) in [5, 5.41) is 4.94. The molecule has 2 aliphatic rings. The molecule has 1 N–H and O–H groups in total. The summed E-state index contributed by atoms with van der Waals surface area (Å²) in [6.45, 7) is 5.66. The van der Waals surface area contributed by atoms with Crippen molar-refractivity contribution in [2.24, 2.45) is 0 Å². The zero-order chi connectivity index (χ0) is 24.1. The van der Waals surface area contributed by atoms with Gasteiger partial charge in [-0.3, -0.25) is 4.79 Å². The van der Waals surface area contributed by atoms with Crippen LogP contribution in [-0.4, -0.2) is 66.7 Å². The molecule has 4 rings (SSSR count). The molecule has 0 spiro atoms. The third-order valence-corrected chi connectivity index (χ3v) is 7.11. The van der Waals surface area contributed by atoms with E-state index in [2.05, 4.69) is 5.32 Å². The molecule has 9 heteroatoms. The molecule has 2 aromatic rings. The number of hydrogen-bond acceptors (Lipinski definition) is 5. The van der Waals surface area contributed by atoms with Crippen LogP contribution in [0.5, 0.6) is 5.75 Å². The molecule has 3 amide bonds. The summed E-state index contributed by atoms with van der Waals surface area (Å²) in [5.74, 6) is 0.0990. The second kappa shape index (κ2) is 11.2. The van der Waals surface area contributed by atoms with Crippen LogP contribution in [0.15, 0.2) is 35.7 Å². The number of amides is 3. The summed E-state index contributed by atoms with van der Waals surface area (Å²) >= 11 is 1.68. The SMILES string of the molecule is CC(C)NC(=O)N(CC(=O)N1CCc2sccc2[C@@H]1COc1ccc(F)cc1)C[C@@H]1CCCO1. The molecule has 34 heavy (non-hydrogen) atoms. The summed E-state index contributed by atoms with van der Waals surface area (Å²) < 4.78 is 24.9. The topological polar surface area (TPSA) is 71.1 Å². The first kappa shape index (κ1) is 24.5. The molecule has 0 bridgehead atoms. The largest absolute Gasteiger partial charge is 0.491 e. The lowest BCUT2D eigenvalue weighted by atomic mass is 10.0. The Morgan fingerprint density at radius 3 is 2.79 bits per heavy atom. The van der Waals surface area contributed by atoms with E-state index in [1.807, 2.05) is 30.2 Å². The van der Waals surface area contributed by atoms with E-state index in [1.165, 1.54) is 17.0 Å². The highest BCUT2D eigenvalue weighted by atomic mass is 32.1. The molecule has 1 fully saturated rings. The fourth-order valence-electron chi connectivity index (χ4n) is 4.43. The Bertz CT molecular complexity index is 975. The highest BCUT2D eigenvalue weighted by Crippen LogP contribution is 2.34. The summed E-state index contributed by atoms with van der Waals surface area (Å²) in [4.78, 5) is 31.0. The lowest BCUT2D eigenvalue weighted by Gasteiger charge is -2.37. The number of hydrogen-bond donors (Lipinski definition) is 1. The van der Waals surface area contributed by atoms with Gasteiger partial charge < -0.3 is 24.6 Å². The van der Waals surface area contributed by atoms with E-state index in [1.54, 1.807) is 28.4 Å². The van der Waals surface area contributed by atoms with Crippen LogP contribution in [0.1, 0.15) is 43.2 Å². The molecule has 1 aromatic heterocycles. The number of rotatable bonds is 8. The highest BCUT2D eigenvalue weighted by molar-refractivity contribution is 7.10. The Morgan fingerprint density at radius 1 is 1.29 bits per heavy atom. The summed E-state index contributed by atoms with van der Waals surface area (Å²) in [5.41, 5.74) is 1.07. The van der Waals surface area contributed by atoms with Gasteiger partial charge >= 0.3 is 6.03 Å². The second-order valence-corrected chi connectivity index (χ2v) is 10.0. The lowest BCUT2D eigenvalue weighted by molar-refractivity contribution is -0.135. The quantitative estimate of drug-likeness (QED) is 0.609. The maximum atomic E-state index is 13.5. The number of nitrogens with zero attached hydrogens (tertiary/aromatic N) is 2. The Morgan fingerprint density at radius 2 is 2.09 bits per heavy atom. The second-order valence-electron chi connectivity index (χ2n) is 9.04. The first-order valence-electron chi connectivity index (χ1n) is 11.8. The number of thiophene rings is 1. The molecular formula is C25H32FN3O4S. The van der Waals surface area contributed by atoms with Crippen LogP contribution >= 0.6 is 11.3 Å². The minimum absolute atomic E-state index is 0.0229. The van der Waals surface area contributed by atoms with Crippen LogP contribution in [0.2, 0.25) is 0 Å². The molecule has 0 saturated carbocycles. The Labute approximate surface area is 203 Å². The first-order chi connectivity index (χ1) is 16.4. The molecule has 3 heterocycles. The fraction of sp³-hybridized carbons (Fsp3) is 0.520. The van der Waals surface area contributed by atoms with E-state index < -0.39 is 0 Å². The molecule has 0 unspecified atom stereocenters. The Hall–Kier alpha value is -2.65. The van der Waals surface area contributed by atoms with E-state index in [-0.39, 0.29) is 49.1 Å². The fourth-order valence-corrected chi connectivity index (χ4v) is 5.35. The van der Waals surface area contributed by atoms with Crippen molar-refractivity contribution in [3.8, 4) is 5.75 Å². The number of halogens is 1. The van der Waals surface area contributed by atoms with Crippen molar-refractivity contribution in [3.05, 3.63) is 52.0 Å². The van der Waals surface area contributed by atoms with E-state index in [4.69, 9.17) is 9.47 Å². The van der Waals surface area contributed by atoms with Crippen molar-refractivity contribution in [2.45, 2.75) is 51.3 Å². The van der Waals surface area contributed by atoms with E-state index >= 15 is 0 Å². The van der Waals surface area contributed by atoms with Gasteiger partial charge in [-0.05, 0) is 74.4 Å². The molecule has 1 saturated heterocycles. The van der Waals surface area contributed by atoms with Crippen LogP contribution in [-0.2, 0) is 16.0 Å². The van der Waals surface area contributed by atoms with Gasteiger partial charge in [-0.25, -0.2) is 9.18 Å². The van der Waals surface area contributed by atoms with Gasteiger partial charge in [0.1, 0.15) is 24.7 Å². The van der Waals surface area contributed by atoms with Gasteiger partial charge in [0, 0.05) is 30.6 Å². The molecule has 2 atom stereocenters. The lowest BCUT2D eigenvalue weighted by Crippen LogP contribution is -2.52. The van der Waals surface area contributed by atoms with Crippen molar-refractivity contribution in [3.63, 3.8) is 0 Å². The van der Waals surface area contributed by atoms with Crippen molar-refractivity contribution >= 4 is 23.3 Å². The average Bonchev–Trinajstić information content (AvgIpc) is 3.49. The zero-order valence-electron chi connectivity index (χ0n) is 19.7. The minimum atomic E-state index is -0.326. The molecule has 0 radical (unpaired) electrons. The minimum Gasteiger partial charge on any atom is -0.491 e. The van der Waals surface area contributed by atoms with Crippen molar-refractivity contribution in [1.82, 2.24) is 15.1 Å². The maximum Gasteiger partial charge on any atom is 0.318 e. The van der Waals surface area contributed by atoms with Gasteiger partial charge in [0.25, 0.3) is 0 Å². The molecular weight excluding hydrogens is 457 g/mol. The predicted molar refractivity (Wildman–Crippen MR) is 129 cm³/mol. The smallest absolute Gasteiger partial charge is 0.318 e. The van der Waals surface area contributed by atoms with Crippen LogP contribution in [0.3, 0.4) is 0 Å². The van der Waals surface area contributed by atoms with Gasteiger partial charge in [0.05, 0.1) is 12.1 Å². The average molecular weight is 490 g/mol. The third-order valence-electron chi connectivity index (χ3n) is 6.11. The number of ether oxygens (including phenoxy) is 2. The Kier molecular flexibility index (Phi) is 8.05. The van der Waals surface area contributed by atoms with Gasteiger partial charge in [-0.1, -0.05) is 0 Å². The normalized spacial score (nSPS) is 19.7. The van der Waals surface area contributed by atoms with Gasteiger partial charge in [-0.2, -0.15) is 0 Å². The van der Waals surface area contributed by atoms with E-state index in [0.717, 1.165) is 24.8 Å². The number of fused-ring (bicyclic) bond motifs is 1. The number of carbonyl (C=O) groups excluding carboxylic acids is 2. The summed E-state index contributed by atoms with van der Waals surface area (Å²) in [6, 6.07) is 7.34. The van der Waals surface area contributed by atoms with Crippen LogP contribution in [0.25, 0.3) is 0 Å². The van der Waals surface area contributed by atoms with Gasteiger partial charge in [-0.15, -0.1) is 11.3 Å². The maximum absolute atomic E-state index is 13.5. The zero-order valence-corrected chi connectivity index (χ0v) is 20.5. The number of nitrogens with one attached hydrogen (secondary N) is 1. The monoisotopic (exact) mass is 489 g/mol. The number of carbonyl (C=O) groups is 2. The van der Waals surface area contributed by atoms with Crippen molar-refractivity contribution in [1.29, 1.82) is 0 Å². The number of benzene rings is 1. The van der Waals surface area contributed by atoms with E-state index in [9.17, 15) is 14.0 Å². The standard InChI is InChI=1S/C25H32FN3O4S/c1-17(2)27-25(31)28(14-20-4-3-12-32-20)15-24(30)29-11-9-23-21(10-13-34-23)22(29)16-33-19-7-5-18(26)6-8-19/h5-8,10,13,17,20,22H,3-4,9,11-12,14-16H2,1-2H3,(H,27,31)/t20-,22-/m0/s1. The highest BCUT2D eigenvalue weighted by Gasteiger charge is 2.34. The predicted octanol–water partition coefficient (Wildman–Crippen LogP) is 3.99. The summed E-state index contributed by atoms with van der Waals surface area (Å²) in [6.07, 6.45) is 2.58. The molecule has 2 aliphatic heterocycles. The first-order valence-corrected chi connectivity index (χ1v) is 12.7.